The molecule has 3 heterocycles. The van der Waals surface area contributed by atoms with Gasteiger partial charge in [0, 0.05) is 18.2 Å². The van der Waals surface area contributed by atoms with E-state index in [0.29, 0.717) is 5.71 Å². The number of fused-ring (bicyclic) bond motifs is 4. The first kappa shape index (κ1) is 20.5. The molecule has 0 bridgehead atoms. The molecule has 0 radical (unpaired) electrons. The second-order valence-corrected chi connectivity index (χ2v) is 9.85. The molecule has 6 heteroatoms. The highest BCUT2D eigenvalue weighted by Gasteiger charge is 2.29. The van der Waals surface area contributed by atoms with Crippen molar-refractivity contribution in [2.75, 3.05) is 0 Å². The molecular weight excluding hydrogens is 422 g/mol. The normalized spacial score (nSPS) is 12.3. The van der Waals surface area contributed by atoms with Crippen molar-refractivity contribution in [2.24, 2.45) is 7.05 Å². The Morgan fingerprint density at radius 1 is 0.941 bits per heavy atom. The zero-order valence-corrected chi connectivity index (χ0v) is 20.0. The first-order valence-electron chi connectivity index (χ1n) is 11.5. The number of hydrogen-bond donors (Lipinski definition) is 0. The van der Waals surface area contributed by atoms with Crippen molar-refractivity contribution in [3.63, 3.8) is 0 Å². The number of aromatic nitrogens is 5. The van der Waals surface area contributed by atoms with Gasteiger partial charge in [0.2, 0.25) is 11.1 Å². The van der Waals surface area contributed by atoms with Gasteiger partial charge in [-0.3, -0.25) is 4.68 Å². The lowest BCUT2D eigenvalue weighted by Gasteiger charge is -2.24. The van der Waals surface area contributed by atoms with Crippen molar-refractivity contribution < 1.29 is 8.93 Å². The van der Waals surface area contributed by atoms with Gasteiger partial charge in [0.15, 0.2) is 0 Å². The van der Waals surface area contributed by atoms with Gasteiger partial charge >= 0.3 is 5.71 Å². The van der Waals surface area contributed by atoms with E-state index in [1.165, 1.54) is 21.9 Å². The minimum Gasteiger partial charge on any atom is -0.411 e. The molecule has 0 spiro atoms. The van der Waals surface area contributed by atoms with Crippen molar-refractivity contribution in [3.05, 3.63) is 78.0 Å². The van der Waals surface area contributed by atoms with Gasteiger partial charge in [-0.25, -0.2) is 0 Å². The maximum atomic E-state index is 6.51. The molecule has 0 N–H and O–H groups in total. The van der Waals surface area contributed by atoms with Gasteiger partial charge in [-0.15, -0.1) is 0 Å². The van der Waals surface area contributed by atoms with Gasteiger partial charge in [0.1, 0.15) is 17.1 Å². The molecule has 3 aromatic carbocycles. The van der Waals surface area contributed by atoms with Crippen LogP contribution in [0.3, 0.4) is 0 Å². The van der Waals surface area contributed by atoms with E-state index in [-0.39, 0.29) is 5.41 Å². The van der Waals surface area contributed by atoms with Crippen molar-refractivity contribution in [2.45, 2.75) is 33.1 Å². The average Bonchev–Trinajstić information content (AvgIpc) is 3.39. The summed E-state index contributed by atoms with van der Waals surface area (Å²) in [6.07, 6.45) is 1.79. The summed E-state index contributed by atoms with van der Waals surface area (Å²) in [6, 6.07) is 20.9. The highest BCUT2D eigenvalue weighted by atomic mass is 16.4. The average molecular weight is 449 g/mol. The molecule has 6 aromatic rings. The zero-order valence-electron chi connectivity index (χ0n) is 20.0. The molecule has 34 heavy (non-hydrogen) atoms. The Morgan fingerprint density at radius 2 is 1.65 bits per heavy atom. The van der Waals surface area contributed by atoms with Gasteiger partial charge in [-0.1, -0.05) is 79.9 Å². The Balaban J connectivity index is 1.70. The molecule has 0 aliphatic heterocycles. The molecule has 0 saturated heterocycles. The third kappa shape index (κ3) is 2.95. The third-order valence-corrected chi connectivity index (χ3v) is 6.60. The summed E-state index contributed by atoms with van der Waals surface area (Å²) in [7, 11) is 1.96. The number of rotatable bonds is 2. The van der Waals surface area contributed by atoms with Crippen molar-refractivity contribution in [1.29, 1.82) is 0 Å². The van der Waals surface area contributed by atoms with Crippen LogP contribution in [0.4, 0.5) is 0 Å². The van der Waals surface area contributed by atoms with Gasteiger partial charge in [-0.2, -0.15) is 5.10 Å². The minimum atomic E-state index is -0.0237. The van der Waals surface area contributed by atoms with Crippen LogP contribution in [0, 0.1) is 6.92 Å². The van der Waals surface area contributed by atoms with E-state index in [2.05, 4.69) is 73.4 Å². The Morgan fingerprint density at radius 3 is 2.38 bits per heavy atom. The molecule has 0 atom stereocenters. The second-order valence-electron chi connectivity index (χ2n) is 9.85. The first-order valence-corrected chi connectivity index (χ1v) is 11.5. The standard InChI is InChI=1S/C28H26N5O/c1-17-19-13-9-10-14-20(19)22(28(2,3)4)15-21(17)25-26-23(16-29-32(25)5)33-27(34-26)24(30-31-33)18-11-7-6-8-12-18/h6-16H,1-5H3/q+1. The van der Waals surface area contributed by atoms with Crippen LogP contribution in [0.15, 0.2) is 71.3 Å². The summed E-state index contributed by atoms with van der Waals surface area (Å²) in [5.74, 6) is 0. The minimum absolute atomic E-state index is 0.0237. The Hall–Kier alpha value is -4.06. The van der Waals surface area contributed by atoms with E-state index in [1.54, 1.807) is 10.7 Å². The number of nitrogens with zero attached hydrogens (tertiary/aromatic N) is 5. The van der Waals surface area contributed by atoms with Gasteiger partial charge in [0.25, 0.3) is 5.69 Å². The summed E-state index contributed by atoms with van der Waals surface area (Å²) in [6.45, 7) is 8.94. The van der Waals surface area contributed by atoms with Crippen molar-refractivity contribution in [3.8, 4) is 22.5 Å². The fourth-order valence-corrected chi connectivity index (χ4v) is 4.86. The molecule has 0 aliphatic rings. The predicted octanol–water partition coefficient (Wildman–Crippen LogP) is 5.79. The van der Waals surface area contributed by atoms with Crippen LogP contribution in [0.2, 0.25) is 0 Å². The quantitative estimate of drug-likeness (QED) is 0.315. The first-order chi connectivity index (χ1) is 16.3. The summed E-state index contributed by atoms with van der Waals surface area (Å²) in [5, 5.41) is 16.0. The van der Waals surface area contributed by atoms with Gasteiger partial charge in [-0.05, 0) is 40.3 Å². The van der Waals surface area contributed by atoms with E-state index < -0.39 is 0 Å². The molecule has 0 aliphatic carbocycles. The molecule has 0 fully saturated rings. The van der Waals surface area contributed by atoms with E-state index >= 15 is 0 Å². The fourth-order valence-electron chi connectivity index (χ4n) is 4.86. The molecule has 0 saturated carbocycles. The Kier molecular flexibility index (Phi) is 4.36. The van der Waals surface area contributed by atoms with E-state index in [1.807, 2.05) is 42.1 Å². The van der Waals surface area contributed by atoms with Crippen LogP contribution >= 0.6 is 0 Å². The topological polar surface area (TPSA) is 60.8 Å². The van der Waals surface area contributed by atoms with Crippen molar-refractivity contribution >= 4 is 27.6 Å². The van der Waals surface area contributed by atoms with Crippen LogP contribution in [0.1, 0.15) is 31.9 Å². The highest BCUT2D eigenvalue weighted by molar-refractivity contribution is 5.98. The second kappa shape index (κ2) is 7.22. The smallest absolute Gasteiger partial charge is 0.372 e. The Bertz CT molecular complexity index is 1700. The van der Waals surface area contributed by atoms with E-state index in [9.17, 15) is 0 Å². The monoisotopic (exact) mass is 448 g/mol. The number of aryl methyl sites for hydroxylation is 2. The molecule has 0 amide bonds. The van der Waals surface area contributed by atoms with E-state index in [4.69, 9.17) is 4.42 Å². The van der Waals surface area contributed by atoms with Crippen LogP contribution < -0.4 is 4.52 Å². The molecule has 3 aromatic heterocycles. The lowest BCUT2D eigenvalue weighted by atomic mass is 9.80. The maximum Gasteiger partial charge on any atom is 0.372 e. The van der Waals surface area contributed by atoms with Gasteiger partial charge in [0.05, 0.1) is 5.10 Å². The fraction of sp³-hybridized carbons (Fsp3) is 0.214. The highest BCUT2D eigenvalue weighted by Crippen LogP contribution is 2.39. The molecule has 6 rings (SSSR count). The van der Waals surface area contributed by atoms with Crippen LogP contribution in [-0.4, -0.2) is 20.1 Å². The molecule has 6 nitrogen and oxygen atoms in total. The number of oxazole rings is 1. The summed E-state index contributed by atoms with van der Waals surface area (Å²) < 4.78 is 10.2. The number of hydrogen-bond acceptors (Lipinski definition) is 4. The predicted molar refractivity (Wildman–Crippen MR) is 134 cm³/mol. The lowest BCUT2D eigenvalue weighted by molar-refractivity contribution is -0.556. The Labute approximate surface area is 197 Å². The van der Waals surface area contributed by atoms with E-state index in [0.717, 1.165) is 33.6 Å². The number of benzene rings is 3. The van der Waals surface area contributed by atoms with Crippen LogP contribution in [-0.2, 0) is 12.5 Å². The summed E-state index contributed by atoms with van der Waals surface area (Å²) in [5.41, 5.74) is 8.34. The summed E-state index contributed by atoms with van der Waals surface area (Å²) in [4.78, 5) is 0. The maximum absolute atomic E-state index is 6.51. The largest absolute Gasteiger partial charge is 0.411 e. The lowest BCUT2D eigenvalue weighted by Crippen LogP contribution is -2.21. The van der Waals surface area contributed by atoms with Crippen molar-refractivity contribution in [1.82, 2.24) is 20.1 Å². The third-order valence-electron chi connectivity index (χ3n) is 6.60. The van der Waals surface area contributed by atoms with Crippen LogP contribution in [0.25, 0.3) is 50.1 Å². The zero-order chi connectivity index (χ0) is 23.6. The summed E-state index contributed by atoms with van der Waals surface area (Å²) >= 11 is 0. The van der Waals surface area contributed by atoms with Gasteiger partial charge < -0.3 is 4.42 Å². The molecule has 0 unspecified atom stereocenters. The SMILES string of the molecule is Cc1c(-c2c3oc4c(-c5ccccc5)nn[n+]4c3cnn2C)cc(C(C)(C)C)c2ccccc12. The molecular formula is C28H26N5O+. The molecule has 168 valence electrons. The van der Waals surface area contributed by atoms with Crippen LogP contribution in [0.5, 0.6) is 0 Å².